The average molecular weight is 240 g/mol. The van der Waals surface area contributed by atoms with E-state index < -0.39 is 0 Å². The van der Waals surface area contributed by atoms with Gasteiger partial charge in [-0.15, -0.1) is 0 Å². The number of aliphatic hydroxyl groups is 1. The lowest BCUT2D eigenvalue weighted by Gasteiger charge is -2.08. The van der Waals surface area contributed by atoms with Crippen LogP contribution in [0.2, 0.25) is 0 Å². The Labute approximate surface area is 106 Å². The summed E-state index contributed by atoms with van der Waals surface area (Å²) in [5.74, 6) is 1.04. The van der Waals surface area contributed by atoms with Crippen LogP contribution >= 0.6 is 0 Å². The molecule has 0 aromatic heterocycles. The molecule has 1 aliphatic rings. The zero-order valence-electron chi connectivity index (χ0n) is 11.3. The summed E-state index contributed by atoms with van der Waals surface area (Å²) < 4.78 is 0. The molecule has 1 rings (SSSR count). The molecule has 0 aromatic carbocycles. The molecule has 0 amide bonds. The van der Waals surface area contributed by atoms with Crippen molar-refractivity contribution in [2.45, 2.75) is 83.7 Å². The van der Waals surface area contributed by atoms with Crippen molar-refractivity contribution < 1.29 is 9.90 Å². The highest BCUT2D eigenvalue weighted by atomic mass is 16.3. The van der Waals surface area contributed by atoms with E-state index in [1.54, 1.807) is 0 Å². The van der Waals surface area contributed by atoms with Gasteiger partial charge in [-0.3, -0.25) is 4.79 Å². The molecule has 100 valence electrons. The summed E-state index contributed by atoms with van der Waals surface area (Å²) in [6, 6.07) is 0. The van der Waals surface area contributed by atoms with E-state index in [-0.39, 0.29) is 6.10 Å². The molecule has 2 nitrogen and oxygen atoms in total. The molecule has 1 unspecified atom stereocenters. The molecule has 0 bridgehead atoms. The Morgan fingerprint density at radius 1 is 1.12 bits per heavy atom. The molecule has 0 aliphatic heterocycles. The van der Waals surface area contributed by atoms with Crippen molar-refractivity contribution in [2.75, 3.05) is 0 Å². The third-order valence-electron chi connectivity index (χ3n) is 3.90. The molecule has 1 fully saturated rings. The summed E-state index contributed by atoms with van der Waals surface area (Å²) in [6.45, 7) is 2.21. The third kappa shape index (κ3) is 6.82. The first-order valence-corrected chi connectivity index (χ1v) is 7.42. The van der Waals surface area contributed by atoms with Crippen molar-refractivity contribution in [3.63, 3.8) is 0 Å². The summed E-state index contributed by atoms with van der Waals surface area (Å²) in [5.41, 5.74) is 0. The Morgan fingerprint density at radius 3 is 2.53 bits per heavy atom. The van der Waals surface area contributed by atoms with Gasteiger partial charge in [-0.05, 0) is 38.0 Å². The van der Waals surface area contributed by atoms with Crippen LogP contribution in [-0.2, 0) is 4.79 Å². The van der Waals surface area contributed by atoms with Crippen LogP contribution in [0.5, 0.6) is 0 Å². The lowest BCUT2D eigenvalue weighted by atomic mass is 9.98. The molecular weight excluding hydrogens is 212 g/mol. The van der Waals surface area contributed by atoms with Crippen LogP contribution in [0, 0.1) is 5.92 Å². The molecule has 0 spiro atoms. The zero-order chi connectivity index (χ0) is 12.5. The smallest absolute Gasteiger partial charge is 0.132 e. The number of unbranched alkanes of at least 4 members (excludes halogenated alkanes) is 4. The lowest BCUT2D eigenvalue weighted by Crippen LogP contribution is -2.04. The van der Waals surface area contributed by atoms with Gasteiger partial charge in [-0.1, -0.05) is 32.6 Å². The second-order valence-corrected chi connectivity index (χ2v) is 5.57. The predicted octanol–water partition coefficient (Wildman–Crippen LogP) is 3.86. The topological polar surface area (TPSA) is 37.3 Å². The second-order valence-electron chi connectivity index (χ2n) is 5.57. The van der Waals surface area contributed by atoms with E-state index >= 15 is 0 Å². The molecule has 2 atom stereocenters. The molecule has 0 radical (unpaired) electrons. The molecule has 0 heterocycles. The maximum atomic E-state index is 11.7. The van der Waals surface area contributed by atoms with Crippen molar-refractivity contribution in [3.05, 3.63) is 0 Å². The Bertz CT molecular complexity index is 213. The Morgan fingerprint density at radius 2 is 1.88 bits per heavy atom. The van der Waals surface area contributed by atoms with Crippen LogP contribution in [0.3, 0.4) is 0 Å². The Balaban J connectivity index is 1.94. The number of aliphatic hydroxyl groups excluding tert-OH is 1. The van der Waals surface area contributed by atoms with E-state index in [1.807, 2.05) is 0 Å². The van der Waals surface area contributed by atoms with Crippen molar-refractivity contribution >= 4 is 5.78 Å². The number of hydrogen-bond acceptors (Lipinski definition) is 2. The number of carbonyl (C=O) groups excluding carboxylic acids is 1. The largest absolute Gasteiger partial charge is 0.393 e. The quantitative estimate of drug-likeness (QED) is 0.621. The van der Waals surface area contributed by atoms with Gasteiger partial charge in [0.1, 0.15) is 5.78 Å². The van der Waals surface area contributed by atoms with Gasteiger partial charge < -0.3 is 5.11 Å². The summed E-state index contributed by atoms with van der Waals surface area (Å²) in [5, 5.41) is 9.40. The fraction of sp³-hybridized carbons (Fsp3) is 0.933. The molecule has 1 aliphatic carbocycles. The number of ketones is 1. The van der Waals surface area contributed by atoms with Crippen molar-refractivity contribution in [3.8, 4) is 0 Å². The van der Waals surface area contributed by atoms with Gasteiger partial charge in [0.15, 0.2) is 0 Å². The summed E-state index contributed by atoms with van der Waals surface area (Å²) in [7, 11) is 0. The fourth-order valence-electron chi connectivity index (χ4n) is 2.73. The van der Waals surface area contributed by atoms with Crippen LogP contribution in [0.1, 0.15) is 77.6 Å². The van der Waals surface area contributed by atoms with Gasteiger partial charge >= 0.3 is 0 Å². The van der Waals surface area contributed by atoms with E-state index in [9.17, 15) is 9.90 Å². The monoisotopic (exact) mass is 240 g/mol. The Hall–Kier alpha value is -0.370. The van der Waals surface area contributed by atoms with Gasteiger partial charge in [0.05, 0.1) is 6.10 Å². The van der Waals surface area contributed by atoms with Gasteiger partial charge in [-0.2, -0.15) is 0 Å². The molecule has 17 heavy (non-hydrogen) atoms. The summed E-state index contributed by atoms with van der Waals surface area (Å²) >= 11 is 0. The number of Topliss-reactive ketones (excluding diaryl/α,β-unsaturated/α-hetero) is 1. The Kier molecular flexibility index (Phi) is 7.50. The van der Waals surface area contributed by atoms with Crippen LogP contribution in [-0.4, -0.2) is 17.0 Å². The van der Waals surface area contributed by atoms with E-state index in [2.05, 4.69) is 6.92 Å². The van der Waals surface area contributed by atoms with Gasteiger partial charge in [0, 0.05) is 12.8 Å². The number of carbonyl (C=O) groups is 1. The van der Waals surface area contributed by atoms with E-state index in [4.69, 9.17) is 0 Å². The van der Waals surface area contributed by atoms with Crippen molar-refractivity contribution in [2.24, 2.45) is 5.92 Å². The van der Waals surface area contributed by atoms with E-state index in [1.165, 1.54) is 25.7 Å². The first-order chi connectivity index (χ1) is 8.22. The van der Waals surface area contributed by atoms with Crippen LogP contribution < -0.4 is 0 Å². The zero-order valence-corrected chi connectivity index (χ0v) is 11.3. The minimum atomic E-state index is -0.0934. The van der Waals surface area contributed by atoms with Crippen molar-refractivity contribution in [1.29, 1.82) is 0 Å². The van der Waals surface area contributed by atoms with Crippen LogP contribution in [0.15, 0.2) is 0 Å². The maximum Gasteiger partial charge on any atom is 0.132 e. The molecule has 2 heteroatoms. The first-order valence-electron chi connectivity index (χ1n) is 7.42. The molecule has 0 saturated heterocycles. The highest BCUT2D eigenvalue weighted by Gasteiger charge is 2.22. The highest BCUT2D eigenvalue weighted by molar-refractivity contribution is 5.78. The van der Waals surface area contributed by atoms with E-state index in [0.717, 1.165) is 44.9 Å². The third-order valence-corrected chi connectivity index (χ3v) is 3.90. The van der Waals surface area contributed by atoms with E-state index in [0.29, 0.717) is 11.7 Å². The minimum Gasteiger partial charge on any atom is -0.393 e. The number of rotatable bonds is 9. The normalized spacial score (nSPS) is 24.1. The van der Waals surface area contributed by atoms with Crippen LogP contribution in [0.4, 0.5) is 0 Å². The van der Waals surface area contributed by atoms with Crippen molar-refractivity contribution in [1.82, 2.24) is 0 Å². The maximum absolute atomic E-state index is 11.7. The van der Waals surface area contributed by atoms with Gasteiger partial charge in [0.2, 0.25) is 0 Å². The van der Waals surface area contributed by atoms with Gasteiger partial charge in [0.25, 0.3) is 0 Å². The first kappa shape index (κ1) is 14.7. The fourth-order valence-corrected chi connectivity index (χ4v) is 2.73. The SMILES string of the molecule is CCCCCCCC(=O)CCC1CC[C@H](O)C1. The standard InChI is InChI=1S/C15H28O2/c1-2-3-4-5-6-7-14(16)10-8-13-9-11-15(17)12-13/h13,15,17H,2-12H2,1H3/t13?,15-/m0/s1. The number of hydrogen-bond donors (Lipinski definition) is 1. The molecular formula is C15H28O2. The molecule has 1 saturated carbocycles. The highest BCUT2D eigenvalue weighted by Crippen LogP contribution is 2.29. The van der Waals surface area contributed by atoms with Crippen LogP contribution in [0.25, 0.3) is 0 Å². The summed E-state index contributed by atoms with van der Waals surface area (Å²) in [4.78, 5) is 11.7. The molecule has 0 aromatic rings. The minimum absolute atomic E-state index is 0.0934. The van der Waals surface area contributed by atoms with Gasteiger partial charge in [-0.25, -0.2) is 0 Å². The summed E-state index contributed by atoms with van der Waals surface area (Å²) in [6.07, 6.45) is 11.5. The predicted molar refractivity (Wildman–Crippen MR) is 71.0 cm³/mol. The second kappa shape index (κ2) is 8.68. The average Bonchev–Trinajstić information content (AvgIpc) is 2.72. The molecule has 1 N–H and O–H groups in total. The lowest BCUT2D eigenvalue weighted by molar-refractivity contribution is -0.119.